The van der Waals surface area contributed by atoms with E-state index in [9.17, 15) is 14.9 Å². The quantitative estimate of drug-likeness (QED) is 0.480. The number of nitro benzene ring substituents is 1. The fourth-order valence-electron chi connectivity index (χ4n) is 2.81. The fourth-order valence-corrected chi connectivity index (χ4v) is 3.00. The van der Waals surface area contributed by atoms with E-state index in [4.69, 9.17) is 16.3 Å². The summed E-state index contributed by atoms with van der Waals surface area (Å²) in [6.45, 7) is 0. The van der Waals surface area contributed by atoms with Crippen molar-refractivity contribution in [2.24, 2.45) is 0 Å². The number of amides is 1. The number of halogens is 1. The Labute approximate surface area is 166 Å². The third-order valence-electron chi connectivity index (χ3n) is 4.26. The molecular weight excluding hydrogens is 380 g/mol. The molecule has 3 aromatic carbocycles. The number of carbonyl (C=O) groups is 1. The SMILES string of the molecule is COc1ccc(C(NC(=O)c2ccc(Cl)c([N+](=O)[O-])c2)c2ccccc2)cc1. The van der Waals surface area contributed by atoms with Crippen LogP contribution in [0.15, 0.2) is 72.8 Å². The first-order valence-electron chi connectivity index (χ1n) is 8.43. The standard InChI is InChI=1S/C21H17ClN2O4/c1-28-17-10-7-15(8-11-17)20(14-5-3-2-4-6-14)23-21(25)16-9-12-18(22)19(13-16)24(26)27/h2-13,20H,1H3,(H,23,25). The first-order valence-corrected chi connectivity index (χ1v) is 8.81. The predicted octanol–water partition coefficient (Wildman–Crippen LogP) is 4.78. The summed E-state index contributed by atoms with van der Waals surface area (Å²) in [6, 6.07) is 20.3. The van der Waals surface area contributed by atoms with Crippen LogP contribution in [0, 0.1) is 10.1 Å². The number of methoxy groups -OCH3 is 1. The molecule has 0 saturated carbocycles. The molecule has 0 aliphatic heterocycles. The van der Waals surface area contributed by atoms with Crippen LogP contribution >= 0.6 is 11.6 Å². The lowest BCUT2D eigenvalue weighted by Crippen LogP contribution is -2.29. The molecule has 0 aromatic heterocycles. The molecular formula is C21H17ClN2O4. The molecule has 0 spiro atoms. The van der Waals surface area contributed by atoms with Crippen LogP contribution in [-0.4, -0.2) is 17.9 Å². The third-order valence-corrected chi connectivity index (χ3v) is 4.58. The van der Waals surface area contributed by atoms with E-state index < -0.39 is 16.9 Å². The molecule has 1 atom stereocenters. The second-order valence-electron chi connectivity index (χ2n) is 6.01. The van der Waals surface area contributed by atoms with Gasteiger partial charge >= 0.3 is 0 Å². The summed E-state index contributed by atoms with van der Waals surface area (Å²) in [7, 11) is 1.58. The molecule has 0 aliphatic carbocycles. The largest absolute Gasteiger partial charge is 0.497 e. The van der Waals surface area contributed by atoms with Gasteiger partial charge < -0.3 is 10.1 Å². The van der Waals surface area contributed by atoms with Crippen molar-refractivity contribution in [2.75, 3.05) is 7.11 Å². The first kappa shape index (κ1) is 19.4. The van der Waals surface area contributed by atoms with Crippen LogP contribution in [0.25, 0.3) is 0 Å². The van der Waals surface area contributed by atoms with Crippen molar-refractivity contribution >= 4 is 23.2 Å². The molecule has 3 aromatic rings. The summed E-state index contributed by atoms with van der Waals surface area (Å²) in [5, 5.41) is 14.0. The van der Waals surface area contributed by atoms with Gasteiger partial charge in [0.25, 0.3) is 11.6 Å². The van der Waals surface area contributed by atoms with E-state index in [2.05, 4.69) is 5.32 Å². The van der Waals surface area contributed by atoms with Gasteiger partial charge in [0.2, 0.25) is 0 Å². The van der Waals surface area contributed by atoms with E-state index in [0.717, 1.165) is 11.1 Å². The minimum atomic E-state index is -0.614. The summed E-state index contributed by atoms with van der Waals surface area (Å²) in [5.74, 6) is 0.264. The van der Waals surface area contributed by atoms with Gasteiger partial charge in [-0.3, -0.25) is 14.9 Å². The maximum Gasteiger partial charge on any atom is 0.288 e. The second-order valence-corrected chi connectivity index (χ2v) is 6.42. The molecule has 7 heteroatoms. The smallest absolute Gasteiger partial charge is 0.288 e. The highest BCUT2D eigenvalue weighted by Gasteiger charge is 2.21. The molecule has 6 nitrogen and oxygen atoms in total. The van der Waals surface area contributed by atoms with E-state index in [-0.39, 0.29) is 16.3 Å². The first-order chi connectivity index (χ1) is 13.5. The maximum absolute atomic E-state index is 12.8. The lowest BCUT2D eigenvalue weighted by molar-refractivity contribution is -0.384. The van der Waals surface area contributed by atoms with Crippen LogP contribution in [0.2, 0.25) is 5.02 Å². The Morgan fingerprint density at radius 2 is 1.68 bits per heavy atom. The van der Waals surface area contributed by atoms with Crippen LogP contribution in [0.3, 0.4) is 0 Å². The van der Waals surface area contributed by atoms with Gasteiger partial charge in [-0.1, -0.05) is 54.1 Å². The zero-order valence-electron chi connectivity index (χ0n) is 15.0. The lowest BCUT2D eigenvalue weighted by atomic mass is 9.98. The van der Waals surface area contributed by atoms with Crippen LogP contribution in [0.5, 0.6) is 5.75 Å². The third kappa shape index (κ3) is 4.29. The number of nitrogens with one attached hydrogen (secondary N) is 1. The monoisotopic (exact) mass is 396 g/mol. The summed E-state index contributed by atoms with van der Waals surface area (Å²) in [4.78, 5) is 23.3. The van der Waals surface area contributed by atoms with Gasteiger partial charge in [0.15, 0.2) is 0 Å². The van der Waals surface area contributed by atoms with E-state index in [1.54, 1.807) is 7.11 Å². The van der Waals surface area contributed by atoms with Crippen LogP contribution in [0.4, 0.5) is 5.69 Å². The van der Waals surface area contributed by atoms with Crippen molar-refractivity contribution in [1.29, 1.82) is 0 Å². The normalized spacial score (nSPS) is 11.5. The minimum absolute atomic E-state index is 0.0173. The number of benzene rings is 3. The summed E-state index contributed by atoms with van der Waals surface area (Å²) in [6.07, 6.45) is 0. The van der Waals surface area contributed by atoms with E-state index >= 15 is 0 Å². The molecule has 0 heterocycles. The number of carbonyl (C=O) groups excluding carboxylic acids is 1. The number of hydrogen-bond donors (Lipinski definition) is 1. The fraction of sp³-hybridized carbons (Fsp3) is 0.0952. The Morgan fingerprint density at radius 1 is 1.04 bits per heavy atom. The topological polar surface area (TPSA) is 81.5 Å². The van der Waals surface area contributed by atoms with E-state index in [1.165, 1.54) is 18.2 Å². The number of nitrogens with zero attached hydrogens (tertiary/aromatic N) is 1. The van der Waals surface area contributed by atoms with Crippen molar-refractivity contribution in [2.45, 2.75) is 6.04 Å². The Hall–Kier alpha value is -3.38. The minimum Gasteiger partial charge on any atom is -0.497 e. The molecule has 0 saturated heterocycles. The molecule has 142 valence electrons. The number of hydrogen-bond acceptors (Lipinski definition) is 4. The van der Waals surface area contributed by atoms with Crippen molar-refractivity contribution < 1.29 is 14.5 Å². The molecule has 0 aliphatic rings. The Bertz CT molecular complexity index is 991. The van der Waals surface area contributed by atoms with Crippen LogP contribution in [-0.2, 0) is 0 Å². The van der Waals surface area contributed by atoms with Gasteiger partial charge in [-0.15, -0.1) is 0 Å². The average Bonchev–Trinajstić information content (AvgIpc) is 2.72. The molecule has 1 amide bonds. The maximum atomic E-state index is 12.8. The second kappa shape index (κ2) is 8.54. The van der Waals surface area contributed by atoms with Gasteiger partial charge in [0.1, 0.15) is 10.8 Å². The van der Waals surface area contributed by atoms with Crippen molar-refractivity contribution in [3.63, 3.8) is 0 Å². The average molecular weight is 397 g/mol. The molecule has 3 rings (SSSR count). The summed E-state index contributed by atoms with van der Waals surface area (Å²) in [5.41, 5.74) is 1.58. The van der Waals surface area contributed by atoms with Gasteiger partial charge in [-0.2, -0.15) is 0 Å². The van der Waals surface area contributed by atoms with Gasteiger partial charge in [0, 0.05) is 11.6 Å². The van der Waals surface area contributed by atoms with Crippen LogP contribution < -0.4 is 10.1 Å². The molecule has 0 bridgehead atoms. The Kier molecular flexibility index (Phi) is 5.91. The summed E-state index contributed by atoms with van der Waals surface area (Å²) >= 11 is 5.84. The van der Waals surface area contributed by atoms with Crippen LogP contribution in [0.1, 0.15) is 27.5 Å². The lowest BCUT2D eigenvalue weighted by Gasteiger charge is -2.20. The molecule has 0 radical (unpaired) electrons. The highest BCUT2D eigenvalue weighted by atomic mass is 35.5. The van der Waals surface area contributed by atoms with Gasteiger partial charge in [0.05, 0.1) is 18.1 Å². The molecule has 0 fully saturated rings. The zero-order valence-corrected chi connectivity index (χ0v) is 15.7. The summed E-state index contributed by atoms with van der Waals surface area (Å²) < 4.78 is 5.19. The van der Waals surface area contributed by atoms with Crippen molar-refractivity contribution in [3.8, 4) is 5.75 Å². The highest BCUT2D eigenvalue weighted by Crippen LogP contribution is 2.27. The van der Waals surface area contributed by atoms with E-state index in [1.807, 2.05) is 54.6 Å². The van der Waals surface area contributed by atoms with E-state index in [0.29, 0.717) is 5.75 Å². The van der Waals surface area contributed by atoms with Crippen molar-refractivity contribution in [1.82, 2.24) is 5.32 Å². The zero-order chi connectivity index (χ0) is 20.1. The number of nitro groups is 1. The molecule has 1 N–H and O–H groups in total. The van der Waals surface area contributed by atoms with Crippen molar-refractivity contribution in [3.05, 3.63) is 105 Å². The number of ether oxygens (including phenoxy) is 1. The van der Waals surface area contributed by atoms with Gasteiger partial charge in [-0.05, 0) is 35.4 Å². The highest BCUT2D eigenvalue weighted by molar-refractivity contribution is 6.32. The van der Waals surface area contributed by atoms with Gasteiger partial charge in [-0.25, -0.2) is 0 Å². The molecule has 28 heavy (non-hydrogen) atoms. The number of rotatable bonds is 6. The Balaban J connectivity index is 1.94. The molecule has 1 unspecified atom stereocenters. The Morgan fingerprint density at radius 3 is 2.29 bits per heavy atom. The predicted molar refractivity (Wildman–Crippen MR) is 107 cm³/mol.